The minimum absolute atomic E-state index is 0.0379. The summed E-state index contributed by atoms with van der Waals surface area (Å²) in [6, 6.07) is 0. The SMILES string of the molecule is CC(C)CCN1CCC2(CC1)OC(C(=O)N(C)C)Cn1ccnc12. The predicted molar refractivity (Wildman–Crippen MR) is 92.6 cm³/mol. The smallest absolute Gasteiger partial charge is 0.253 e. The van der Waals surface area contributed by atoms with E-state index in [-0.39, 0.29) is 5.91 Å². The van der Waals surface area contributed by atoms with Gasteiger partial charge in [-0.1, -0.05) is 13.8 Å². The number of amides is 1. The zero-order valence-corrected chi connectivity index (χ0v) is 15.4. The second-order valence-electron chi connectivity index (χ2n) is 7.76. The van der Waals surface area contributed by atoms with Gasteiger partial charge < -0.3 is 19.1 Å². The van der Waals surface area contributed by atoms with Gasteiger partial charge in [0.05, 0.1) is 6.54 Å². The number of hydrogen-bond acceptors (Lipinski definition) is 4. The van der Waals surface area contributed by atoms with E-state index in [0.29, 0.717) is 6.54 Å². The Labute approximate surface area is 144 Å². The second-order valence-corrected chi connectivity index (χ2v) is 7.76. The molecule has 0 N–H and O–H groups in total. The Morgan fingerprint density at radius 2 is 2.12 bits per heavy atom. The largest absolute Gasteiger partial charge is 0.352 e. The fraction of sp³-hybridized carbons (Fsp3) is 0.778. The third-order valence-electron chi connectivity index (χ3n) is 5.26. The van der Waals surface area contributed by atoms with Gasteiger partial charge in [0.2, 0.25) is 0 Å². The first-order chi connectivity index (χ1) is 11.4. The van der Waals surface area contributed by atoms with Crippen molar-refractivity contribution in [1.29, 1.82) is 0 Å². The van der Waals surface area contributed by atoms with Crippen molar-refractivity contribution >= 4 is 5.91 Å². The number of likely N-dealkylation sites (N-methyl/N-ethyl adjacent to an activating group) is 1. The zero-order chi connectivity index (χ0) is 17.3. The third-order valence-corrected chi connectivity index (χ3v) is 5.26. The molecule has 1 atom stereocenters. The van der Waals surface area contributed by atoms with Crippen LogP contribution >= 0.6 is 0 Å². The number of carbonyl (C=O) groups is 1. The number of fused-ring (bicyclic) bond motifs is 2. The summed E-state index contributed by atoms with van der Waals surface area (Å²) in [5, 5.41) is 0. The lowest BCUT2D eigenvalue weighted by atomic mass is 9.88. The first kappa shape index (κ1) is 17.4. The van der Waals surface area contributed by atoms with Gasteiger partial charge in [-0.3, -0.25) is 4.79 Å². The summed E-state index contributed by atoms with van der Waals surface area (Å²) in [6.45, 7) is 8.24. The molecule has 6 nitrogen and oxygen atoms in total. The molecule has 1 unspecified atom stereocenters. The Bertz CT molecular complexity index is 573. The van der Waals surface area contributed by atoms with Gasteiger partial charge in [0.1, 0.15) is 11.4 Å². The number of nitrogens with zero attached hydrogens (tertiary/aromatic N) is 4. The molecule has 0 bridgehead atoms. The fourth-order valence-corrected chi connectivity index (χ4v) is 3.73. The van der Waals surface area contributed by atoms with E-state index in [2.05, 4.69) is 28.3 Å². The number of imidazole rings is 1. The Balaban J connectivity index is 1.74. The summed E-state index contributed by atoms with van der Waals surface area (Å²) in [7, 11) is 3.58. The van der Waals surface area contributed by atoms with Crippen LogP contribution in [0.15, 0.2) is 12.4 Å². The first-order valence-electron chi connectivity index (χ1n) is 9.04. The average Bonchev–Trinajstić information content (AvgIpc) is 3.03. The summed E-state index contributed by atoms with van der Waals surface area (Å²) in [4.78, 5) is 21.2. The van der Waals surface area contributed by atoms with Crippen molar-refractivity contribution in [1.82, 2.24) is 19.4 Å². The minimum atomic E-state index is -0.413. The highest BCUT2D eigenvalue weighted by molar-refractivity contribution is 5.80. The monoisotopic (exact) mass is 334 g/mol. The molecule has 134 valence electrons. The Morgan fingerprint density at radius 1 is 1.42 bits per heavy atom. The summed E-state index contributed by atoms with van der Waals surface area (Å²) in [5.41, 5.74) is -0.410. The van der Waals surface area contributed by atoms with Gasteiger partial charge in [-0.2, -0.15) is 0 Å². The summed E-state index contributed by atoms with van der Waals surface area (Å²) in [6.07, 6.45) is 6.42. The highest BCUT2D eigenvalue weighted by Gasteiger charge is 2.47. The van der Waals surface area contributed by atoms with E-state index in [1.807, 2.05) is 12.4 Å². The standard InChI is InChI=1S/C18H30N4O2/c1-14(2)5-9-21-10-6-18(7-11-21)17-19-8-12-22(17)13-15(24-18)16(23)20(3)4/h8,12,14-15H,5-7,9-11,13H2,1-4H3. The number of aromatic nitrogens is 2. The molecule has 1 fully saturated rings. The van der Waals surface area contributed by atoms with Crippen molar-refractivity contribution in [2.45, 2.75) is 51.4 Å². The maximum Gasteiger partial charge on any atom is 0.253 e. The molecule has 0 saturated carbocycles. The number of carbonyl (C=O) groups excluding carboxylic acids is 1. The topological polar surface area (TPSA) is 50.6 Å². The van der Waals surface area contributed by atoms with E-state index in [1.54, 1.807) is 19.0 Å². The van der Waals surface area contributed by atoms with Crippen molar-refractivity contribution in [3.8, 4) is 0 Å². The van der Waals surface area contributed by atoms with Gasteiger partial charge in [-0.25, -0.2) is 4.98 Å². The van der Waals surface area contributed by atoms with Gasteiger partial charge in [-0.15, -0.1) is 0 Å². The molecule has 1 amide bonds. The van der Waals surface area contributed by atoms with Crippen molar-refractivity contribution in [3.63, 3.8) is 0 Å². The van der Waals surface area contributed by atoms with Gasteiger partial charge in [-0.05, 0) is 31.7 Å². The van der Waals surface area contributed by atoms with E-state index in [9.17, 15) is 4.79 Å². The maximum absolute atomic E-state index is 12.5. The summed E-state index contributed by atoms with van der Waals surface area (Å²) in [5.74, 6) is 1.76. The van der Waals surface area contributed by atoms with Crippen LogP contribution in [0.3, 0.4) is 0 Å². The van der Waals surface area contributed by atoms with Gasteiger partial charge >= 0.3 is 0 Å². The van der Waals surface area contributed by atoms with Crippen LogP contribution in [-0.4, -0.2) is 65.1 Å². The minimum Gasteiger partial charge on any atom is -0.352 e. The maximum atomic E-state index is 12.5. The normalized spacial score (nSPS) is 23.5. The van der Waals surface area contributed by atoms with Crippen molar-refractivity contribution in [2.75, 3.05) is 33.7 Å². The molecular weight excluding hydrogens is 304 g/mol. The fourth-order valence-electron chi connectivity index (χ4n) is 3.73. The van der Waals surface area contributed by atoms with E-state index in [1.165, 1.54) is 6.42 Å². The van der Waals surface area contributed by atoms with Crippen molar-refractivity contribution in [2.24, 2.45) is 5.92 Å². The Kier molecular flexibility index (Phi) is 4.97. The van der Waals surface area contributed by atoms with E-state index < -0.39 is 11.7 Å². The highest BCUT2D eigenvalue weighted by atomic mass is 16.5. The zero-order valence-electron chi connectivity index (χ0n) is 15.4. The van der Waals surface area contributed by atoms with E-state index in [0.717, 1.165) is 44.2 Å². The van der Waals surface area contributed by atoms with E-state index >= 15 is 0 Å². The molecule has 0 aromatic carbocycles. The number of rotatable bonds is 4. The molecular formula is C18H30N4O2. The van der Waals surface area contributed by atoms with Crippen molar-refractivity contribution in [3.05, 3.63) is 18.2 Å². The molecule has 0 radical (unpaired) electrons. The van der Waals surface area contributed by atoms with Crippen LogP contribution in [0.4, 0.5) is 0 Å². The highest BCUT2D eigenvalue weighted by Crippen LogP contribution is 2.40. The van der Waals surface area contributed by atoms with Gasteiger partial charge in [0.25, 0.3) is 5.91 Å². The molecule has 6 heteroatoms. The number of likely N-dealkylation sites (tertiary alicyclic amines) is 1. The third kappa shape index (κ3) is 3.35. The molecule has 2 aliphatic rings. The van der Waals surface area contributed by atoms with Crippen LogP contribution in [0.5, 0.6) is 0 Å². The van der Waals surface area contributed by atoms with Crippen LogP contribution in [0, 0.1) is 5.92 Å². The number of ether oxygens (including phenoxy) is 1. The number of piperidine rings is 1. The molecule has 3 heterocycles. The molecule has 1 saturated heterocycles. The number of hydrogen-bond donors (Lipinski definition) is 0. The van der Waals surface area contributed by atoms with E-state index in [4.69, 9.17) is 4.74 Å². The molecule has 24 heavy (non-hydrogen) atoms. The molecule has 1 spiro atoms. The molecule has 3 rings (SSSR count). The van der Waals surface area contributed by atoms with Gasteiger partial charge in [0.15, 0.2) is 6.10 Å². The summed E-state index contributed by atoms with van der Waals surface area (Å²) < 4.78 is 8.51. The van der Waals surface area contributed by atoms with Crippen LogP contribution in [-0.2, 0) is 21.7 Å². The second kappa shape index (κ2) is 6.84. The summed E-state index contributed by atoms with van der Waals surface area (Å²) >= 11 is 0. The lowest BCUT2D eigenvalue weighted by Crippen LogP contribution is -2.54. The Morgan fingerprint density at radius 3 is 2.75 bits per heavy atom. The first-order valence-corrected chi connectivity index (χ1v) is 9.04. The van der Waals surface area contributed by atoms with Crippen LogP contribution in [0.1, 0.15) is 38.9 Å². The lowest BCUT2D eigenvalue weighted by molar-refractivity contribution is -0.179. The molecule has 1 aromatic rings. The lowest BCUT2D eigenvalue weighted by Gasteiger charge is -2.46. The molecule has 0 aliphatic carbocycles. The van der Waals surface area contributed by atoms with Crippen LogP contribution in [0.25, 0.3) is 0 Å². The Hall–Kier alpha value is -1.40. The quantitative estimate of drug-likeness (QED) is 0.841. The van der Waals surface area contributed by atoms with Crippen LogP contribution < -0.4 is 0 Å². The molecule has 1 aromatic heterocycles. The van der Waals surface area contributed by atoms with Gasteiger partial charge in [0, 0.05) is 39.6 Å². The van der Waals surface area contributed by atoms with Crippen LogP contribution in [0.2, 0.25) is 0 Å². The average molecular weight is 334 g/mol. The van der Waals surface area contributed by atoms with Crippen molar-refractivity contribution < 1.29 is 9.53 Å². The molecule has 2 aliphatic heterocycles. The predicted octanol–water partition coefficient (Wildman–Crippen LogP) is 1.71.